The van der Waals surface area contributed by atoms with Gasteiger partial charge in [0.05, 0.1) is 0 Å². The zero-order valence-corrected chi connectivity index (χ0v) is 19.1. The van der Waals surface area contributed by atoms with E-state index in [2.05, 4.69) is 39.3 Å². The molecule has 0 aromatic heterocycles. The lowest BCUT2D eigenvalue weighted by atomic mass is 9.84. The van der Waals surface area contributed by atoms with Gasteiger partial charge in [-0.05, 0) is 18.8 Å². The summed E-state index contributed by atoms with van der Waals surface area (Å²) in [5.74, 6) is 2.33. The van der Waals surface area contributed by atoms with E-state index in [1.807, 2.05) is 7.05 Å². The number of aliphatic imine (C=N–C) groups is 1. The molecule has 1 saturated heterocycles. The van der Waals surface area contributed by atoms with Crippen LogP contribution in [0.1, 0.15) is 46.0 Å². The number of guanidine groups is 1. The van der Waals surface area contributed by atoms with Crippen molar-refractivity contribution in [1.82, 2.24) is 20.4 Å². The topological polar surface area (TPSA) is 60.0 Å². The summed E-state index contributed by atoms with van der Waals surface area (Å²) in [4.78, 5) is 21.1. The van der Waals surface area contributed by atoms with Crippen LogP contribution in [0.4, 0.5) is 0 Å². The highest BCUT2D eigenvalue weighted by atomic mass is 127. The Kier molecular flexibility index (Phi) is 11.5. The Hall–Kier alpha value is -0.570. The van der Waals surface area contributed by atoms with Crippen molar-refractivity contribution in [3.8, 4) is 0 Å². The van der Waals surface area contributed by atoms with Crippen LogP contribution in [0.25, 0.3) is 0 Å². The fourth-order valence-electron chi connectivity index (χ4n) is 3.48. The summed E-state index contributed by atoms with van der Waals surface area (Å²) in [5.41, 5.74) is 0. The summed E-state index contributed by atoms with van der Waals surface area (Å²) in [6.07, 6.45) is 5.83. The molecule has 0 atom stereocenters. The van der Waals surface area contributed by atoms with Gasteiger partial charge in [-0.2, -0.15) is 0 Å². The molecule has 152 valence electrons. The van der Waals surface area contributed by atoms with E-state index in [1.165, 1.54) is 19.3 Å². The zero-order valence-electron chi connectivity index (χ0n) is 16.8. The number of piperazine rings is 1. The molecule has 1 amide bonds. The zero-order chi connectivity index (χ0) is 18.1. The van der Waals surface area contributed by atoms with Gasteiger partial charge in [-0.1, -0.05) is 33.1 Å². The molecule has 0 aromatic carbocycles. The molecule has 2 fully saturated rings. The van der Waals surface area contributed by atoms with Crippen molar-refractivity contribution in [2.75, 3.05) is 52.9 Å². The predicted molar refractivity (Wildman–Crippen MR) is 119 cm³/mol. The Morgan fingerprint density at radius 3 is 2.27 bits per heavy atom. The molecule has 0 unspecified atom stereocenters. The molecule has 2 N–H and O–H groups in total. The maximum atomic E-state index is 12.3. The number of hydrogen-bond donors (Lipinski definition) is 2. The number of nitrogens with one attached hydrogen (secondary N) is 2. The van der Waals surface area contributed by atoms with Gasteiger partial charge in [0.2, 0.25) is 5.91 Å². The van der Waals surface area contributed by atoms with Crippen molar-refractivity contribution in [2.45, 2.75) is 46.0 Å². The van der Waals surface area contributed by atoms with Crippen molar-refractivity contribution in [2.24, 2.45) is 16.8 Å². The second-order valence-electron chi connectivity index (χ2n) is 7.36. The number of carbonyl (C=O) groups excluding carboxylic acids is 1. The smallest absolute Gasteiger partial charge is 0.225 e. The second-order valence-corrected chi connectivity index (χ2v) is 7.36. The fourth-order valence-corrected chi connectivity index (χ4v) is 3.48. The van der Waals surface area contributed by atoms with E-state index in [9.17, 15) is 4.79 Å². The van der Waals surface area contributed by atoms with Crippen molar-refractivity contribution in [3.05, 3.63) is 0 Å². The summed E-state index contributed by atoms with van der Waals surface area (Å²) in [5, 5.41) is 6.83. The van der Waals surface area contributed by atoms with Gasteiger partial charge in [0, 0.05) is 58.8 Å². The van der Waals surface area contributed by atoms with Gasteiger partial charge in [-0.25, -0.2) is 0 Å². The molecule has 1 aliphatic carbocycles. The van der Waals surface area contributed by atoms with E-state index in [1.54, 1.807) is 0 Å². The lowest BCUT2D eigenvalue weighted by Crippen LogP contribution is -2.52. The molecule has 1 saturated carbocycles. The number of hydrogen-bond acceptors (Lipinski definition) is 3. The highest BCUT2D eigenvalue weighted by Crippen LogP contribution is 2.28. The largest absolute Gasteiger partial charge is 0.356 e. The molecule has 0 spiro atoms. The maximum Gasteiger partial charge on any atom is 0.225 e. The Labute approximate surface area is 176 Å². The van der Waals surface area contributed by atoms with Gasteiger partial charge in [0.1, 0.15) is 0 Å². The molecule has 0 radical (unpaired) electrons. The van der Waals surface area contributed by atoms with Crippen LogP contribution in [-0.4, -0.2) is 74.5 Å². The Balaban J connectivity index is 0.00000338. The van der Waals surface area contributed by atoms with Crippen LogP contribution < -0.4 is 10.6 Å². The third kappa shape index (κ3) is 7.21. The van der Waals surface area contributed by atoms with Gasteiger partial charge in [0.25, 0.3) is 0 Å². The lowest BCUT2D eigenvalue weighted by Gasteiger charge is -2.38. The second kappa shape index (κ2) is 12.8. The van der Waals surface area contributed by atoms with Crippen molar-refractivity contribution in [3.63, 3.8) is 0 Å². The molecule has 0 bridgehead atoms. The van der Waals surface area contributed by atoms with Crippen molar-refractivity contribution in [1.29, 1.82) is 0 Å². The van der Waals surface area contributed by atoms with E-state index in [0.717, 1.165) is 64.6 Å². The minimum Gasteiger partial charge on any atom is -0.356 e. The highest BCUT2D eigenvalue weighted by molar-refractivity contribution is 14.0. The molecular weight excluding hydrogens is 441 g/mol. The predicted octanol–water partition coefficient (Wildman–Crippen LogP) is 2.15. The monoisotopic (exact) mass is 479 g/mol. The average Bonchev–Trinajstić information content (AvgIpc) is 2.60. The first-order chi connectivity index (χ1) is 12.2. The summed E-state index contributed by atoms with van der Waals surface area (Å²) in [6, 6.07) is 0. The number of carbonyl (C=O) groups is 1. The third-order valence-electron chi connectivity index (χ3n) is 5.80. The van der Waals surface area contributed by atoms with E-state index < -0.39 is 0 Å². The molecular formula is C19H38IN5O. The van der Waals surface area contributed by atoms with Crippen molar-refractivity contribution >= 4 is 35.8 Å². The number of halogens is 1. The quantitative estimate of drug-likeness (QED) is 0.318. The highest BCUT2D eigenvalue weighted by Gasteiger charge is 2.30. The van der Waals surface area contributed by atoms with Gasteiger partial charge >= 0.3 is 0 Å². The van der Waals surface area contributed by atoms with Gasteiger partial charge < -0.3 is 15.5 Å². The van der Waals surface area contributed by atoms with Crippen LogP contribution in [0.3, 0.4) is 0 Å². The van der Waals surface area contributed by atoms with Crippen LogP contribution in [0.5, 0.6) is 0 Å². The van der Waals surface area contributed by atoms with E-state index in [-0.39, 0.29) is 24.0 Å². The van der Waals surface area contributed by atoms with Crippen LogP contribution in [0, 0.1) is 11.8 Å². The van der Waals surface area contributed by atoms with Crippen LogP contribution in [0.2, 0.25) is 0 Å². The van der Waals surface area contributed by atoms with E-state index >= 15 is 0 Å². The fraction of sp³-hybridized carbons (Fsp3) is 0.895. The Morgan fingerprint density at radius 2 is 1.77 bits per heavy atom. The van der Waals surface area contributed by atoms with Crippen molar-refractivity contribution < 1.29 is 4.79 Å². The SMILES string of the molecule is CCC(CC)CNC(=NC)NCCN1CCN(C(=O)C2CCC2)CC1.I. The lowest BCUT2D eigenvalue weighted by molar-refractivity contribution is -0.139. The number of nitrogens with zero attached hydrogens (tertiary/aromatic N) is 3. The Bertz CT molecular complexity index is 430. The summed E-state index contributed by atoms with van der Waals surface area (Å²) in [6.45, 7) is 11.1. The van der Waals surface area contributed by atoms with E-state index in [0.29, 0.717) is 17.7 Å². The van der Waals surface area contributed by atoms with Gasteiger partial charge in [-0.3, -0.25) is 14.7 Å². The van der Waals surface area contributed by atoms with Gasteiger partial charge in [-0.15, -0.1) is 24.0 Å². The minimum absolute atomic E-state index is 0. The first kappa shape index (κ1) is 23.5. The normalized spacial score (nSPS) is 19.1. The molecule has 26 heavy (non-hydrogen) atoms. The molecule has 2 aliphatic rings. The molecule has 1 heterocycles. The van der Waals surface area contributed by atoms with Gasteiger partial charge in [0.15, 0.2) is 5.96 Å². The summed E-state index contributed by atoms with van der Waals surface area (Å²) < 4.78 is 0. The van der Waals surface area contributed by atoms with Crippen LogP contribution in [0.15, 0.2) is 4.99 Å². The number of rotatable bonds is 8. The minimum atomic E-state index is 0. The Morgan fingerprint density at radius 1 is 1.12 bits per heavy atom. The molecule has 2 rings (SSSR count). The first-order valence-electron chi connectivity index (χ1n) is 10.1. The molecule has 7 heteroatoms. The summed E-state index contributed by atoms with van der Waals surface area (Å²) in [7, 11) is 1.83. The van der Waals surface area contributed by atoms with Crippen LogP contribution in [-0.2, 0) is 4.79 Å². The summed E-state index contributed by atoms with van der Waals surface area (Å²) >= 11 is 0. The molecule has 0 aromatic rings. The van der Waals surface area contributed by atoms with E-state index in [4.69, 9.17) is 0 Å². The first-order valence-corrected chi connectivity index (χ1v) is 10.1. The third-order valence-corrected chi connectivity index (χ3v) is 5.80. The maximum absolute atomic E-state index is 12.3. The van der Waals surface area contributed by atoms with Crippen LogP contribution >= 0.6 is 24.0 Å². The molecule has 1 aliphatic heterocycles. The average molecular weight is 479 g/mol. The molecule has 6 nitrogen and oxygen atoms in total. The standard InChI is InChI=1S/C19H37N5O.HI/c1-4-16(5-2)15-22-19(20-3)21-9-10-23-11-13-24(14-12-23)18(25)17-7-6-8-17;/h16-17H,4-15H2,1-3H3,(H2,20,21,22);1H. The number of amides is 1.